The number of benzene rings is 1. The highest BCUT2D eigenvalue weighted by Crippen LogP contribution is 2.03. The molecule has 0 aliphatic carbocycles. The number of rotatable bonds is 5. The number of methoxy groups -OCH3 is 1. The normalized spacial score (nSPS) is 8.78. The minimum atomic E-state index is 0.709. The van der Waals surface area contributed by atoms with Crippen LogP contribution in [0.5, 0.6) is 0 Å². The summed E-state index contributed by atoms with van der Waals surface area (Å²) in [5.41, 5.74) is 2.52. The van der Waals surface area contributed by atoms with E-state index < -0.39 is 0 Å². The second-order valence-corrected chi connectivity index (χ2v) is 4.13. The molecule has 0 fully saturated rings. The smallest absolute Gasteiger partial charge is 0.0713 e. The first-order chi connectivity index (χ1) is 8.74. The zero-order valence-electron chi connectivity index (χ0n) is 13.3. The molecule has 0 spiro atoms. The Kier molecular flexibility index (Phi) is 17.5. The first-order valence-corrected chi connectivity index (χ1v) is 7.29. The zero-order chi connectivity index (χ0) is 14.2. The number of hydrogen-bond donors (Lipinski definition) is 0. The van der Waals surface area contributed by atoms with Crippen molar-refractivity contribution < 1.29 is 4.74 Å². The highest BCUT2D eigenvalue weighted by atomic mass is 16.5. The molecule has 0 aliphatic heterocycles. The van der Waals surface area contributed by atoms with Gasteiger partial charge in [-0.05, 0) is 12.5 Å². The van der Waals surface area contributed by atoms with Gasteiger partial charge in [0.1, 0.15) is 0 Å². The van der Waals surface area contributed by atoms with Gasteiger partial charge in [-0.1, -0.05) is 83.2 Å². The maximum absolute atomic E-state index is 4.97. The van der Waals surface area contributed by atoms with Gasteiger partial charge in [0.25, 0.3) is 0 Å². The molecule has 0 radical (unpaired) electrons. The molecule has 0 atom stereocenters. The Bertz CT molecular complexity index is 234. The largest absolute Gasteiger partial charge is 0.380 e. The van der Waals surface area contributed by atoms with Crippen LogP contribution in [0.25, 0.3) is 0 Å². The van der Waals surface area contributed by atoms with Crippen LogP contribution in [0.15, 0.2) is 24.3 Å². The SMILES string of the molecule is CC.CCCCCC.COCc1ccc(C)cc1. The minimum absolute atomic E-state index is 0.709. The van der Waals surface area contributed by atoms with Gasteiger partial charge >= 0.3 is 0 Å². The van der Waals surface area contributed by atoms with E-state index in [2.05, 4.69) is 45.0 Å². The van der Waals surface area contributed by atoms with Crippen LogP contribution in [-0.2, 0) is 11.3 Å². The molecule has 0 N–H and O–H groups in total. The van der Waals surface area contributed by atoms with E-state index in [0.717, 1.165) is 0 Å². The number of ether oxygens (including phenoxy) is 1. The lowest BCUT2D eigenvalue weighted by Crippen LogP contribution is -1.85. The Morgan fingerprint density at radius 2 is 1.33 bits per heavy atom. The van der Waals surface area contributed by atoms with E-state index in [4.69, 9.17) is 4.74 Å². The van der Waals surface area contributed by atoms with E-state index in [1.54, 1.807) is 7.11 Å². The third kappa shape index (κ3) is 13.2. The Labute approximate surface area is 115 Å². The summed E-state index contributed by atoms with van der Waals surface area (Å²) in [6, 6.07) is 8.35. The van der Waals surface area contributed by atoms with Crippen molar-refractivity contribution in [2.75, 3.05) is 7.11 Å². The molecule has 0 saturated heterocycles. The van der Waals surface area contributed by atoms with Crippen molar-refractivity contribution in [2.45, 2.75) is 66.9 Å². The average Bonchev–Trinajstić information content (AvgIpc) is 2.42. The molecule has 0 aliphatic rings. The van der Waals surface area contributed by atoms with E-state index in [9.17, 15) is 0 Å². The monoisotopic (exact) mass is 252 g/mol. The lowest BCUT2D eigenvalue weighted by atomic mass is 10.2. The quantitative estimate of drug-likeness (QED) is 0.606. The van der Waals surface area contributed by atoms with Gasteiger partial charge in [0.05, 0.1) is 6.61 Å². The van der Waals surface area contributed by atoms with Crippen LogP contribution in [0, 0.1) is 6.92 Å². The zero-order valence-corrected chi connectivity index (χ0v) is 13.3. The lowest BCUT2D eigenvalue weighted by molar-refractivity contribution is 0.185. The van der Waals surface area contributed by atoms with Gasteiger partial charge in [0.2, 0.25) is 0 Å². The fraction of sp³-hybridized carbons (Fsp3) is 0.647. The van der Waals surface area contributed by atoms with E-state index in [0.29, 0.717) is 6.61 Å². The van der Waals surface area contributed by atoms with Crippen LogP contribution in [0.3, 0.4) is 0 Å². The van der Waals surface area contributed by atoms with Gasteiger partial charge in [-0.3, -0.25) is 0 Å². The standard InChI is InChI=1S/C9H12O.C6H14.C2H6/c1-8-3-5-9(6-4-8)7-10-2;1-3-5-6-4-2;1-2/h3-6H,7H2,1-2H3;3-6H2,1-2H3;1-2H3. The van der Waals surface area contributed by atoms with Gasteiger partial charge in [0, 0.05) is 7.11 Å². The van der Waals surface area contributed by atoms with Gasteiger partial charge in [-0.25, -0.2) is 0 Å². The van der Waals surface area contributed by atoms with Crippen LogP contribution < -0.4 is 0 Å². The van der Waals surface area contributed by atoms with Crippen molar-refractivity contribution >= 4 is 0 Å². The summed E-state index contributed by atoms with van der Waals surface area (Å²) in [7, 11) is 1.71. The van der Waals surface area contributed by atoms with Crippen molar-refractivity contribution in [3.05, 3.63) is 35.4 Å². The summed E-state index contributed by atoms with van der Waals surface area (Å²) >= 11 is 0. The van der Waals surface area contributed by atoms with E-state index in [-0.39, 0.29) is 0 Å². The van der Waals surface area contributed by atoms with Crippen molar-refractivity contribution in [3.63, 3.8) is 0 Å². The van der Waals surface area contributed by atoms with E-state index in [1.807, 2.05) is 13.8 Å². The molecule has 106 valence electrons. The van der Waals surface area contributed by atoms with Crippen LogP contribution >= 0.6 is 0 Å². The highest BCUT2D eigenvalue weighted by Gasteiger charge is 1.88. The molecule has 1 rings (SSSR count). The number of aryl methyl sites for hydroxylation is 1. The van der Waals surface area contributed by atoms with E-state index in [1.165, 1.54) is 36.8 Å². The fourth-order valence-electron chi connectivity index (χ4n) is 1.35. The molecule has 0 amide bonds. The summed E-state index contributed by atoms with van der Waals surface area (Å²) in [5, 5.41) is 0. The molecule has 0 bridgehead atoms. The average molecular weight is 252 g/mol. The van der Waals surface area contributed by atoms with Crippen molar-refractivity contribution in [2.24, 2.45) is 0 Å². The Balaban J connectivity index is 0. The molecule has 1 heteroatoms. The maximum atomic E-state index is 4.97. The number of hydrogen-bond acceptors (Lipinski definition) is 1. The Morgan fingerprint density at radius 3 is 1.67 bits per heavy atom. The minimum Gasteiger partial charge on any atom is -0.380 e. The van der Waals surface area contributed by atoms with Crippen molar-refractivity contribution in [1.82, 2.24) is 0 Å². The summed E-state index contributed by atoms with van der Waals surface area (Å²) in [5.74, 6) is 0. The van der Waals surface area contributed by atoms with Crippen molar-refractivity contribution in [3.8, 4) is 0 Å². The highest BCUT2D eigenvalue weighted by molar-refractivity contribution is 5.20. The molecular weight excluding hydrogens is 220 g/mol. The van der Waals surface area contributed by atoms with Crippen LogP contribution in [-0.4, -0.2) is 7.11 Å². The summed E-state index contributed by atoms with van der Waals surface area (Å²) in [6.07, 6.45) is 5.54. The fourth-order valence-corrected chi connectivity index (χ4v) is 1.35. The first kappa shape index (κ1) is 19.5. The second-order valence-electron chi connectivity index (χ2n) is 4.13. The third-order valence-corrected chi connectivity index (χ3v) is 2.39. The molecule has 18 heavy (non-hydrogen) atoms. The Morgan fingerprint density at radius 1 is 0.889 bits per heavy atom. The molecule has 0 unspecified atom stereocenters. The number of unbranched alkanes of at least 4 members (excludes halogenated alkanes) is 3. The summed E-state index contributed by atoms with van der Waals surface area (Å²) in [4.78, 5) is 0. The van der Waals surface area contributed by atoms with Crippen LogP contribution in [0.1, 0.15) is 64.5 Å². The van der Waals surface area contributed by atoms with Gasteiger partial charge in [-0.15, -0.1) is 0 Å². The Hall–Kier alpha value is -0.820. The molecule has 0 aromatic heterocycles. The van der Waals surface area contributed by atoms with Gasteiger partial charge in [-0.2, -0.15) is 0 Å². The van der Waals surface area contributed by atoms with Crippen LogP contribution in [0.4, 0.5) is 0 Å². The lowest BCUT2D eigenvalue weighted by Gasteiger charge is -1.98. The van der Waals surface area contributed by atoms with Crippen molar-refractivity contribution in [1.29, 1.82) is 0 Å². The summed E-state index contributed by atoms with van der Waals surface area (Å²) < 4.78 is 4.97. The third-order valence-electron chi connectivity index (χ3n) is 2.39. The predicted octanol–water partition coefficient (Wildman–Crippen LogP) is 5.75. The topological polar surface area (TPSA) is 9.23 Å². The summed E-state index contributed by atoms with van der Waals surface area (Å²) in [6.45, 7) is 11.3. The van der Waals surface area contributed by atoms with E-state index >= 15 is 0 Å². The predicted molar refractivity (Wildman–Crippen MR) is 83.1 cm³/mol. The van der Waals surface area contributed by atoms with Gasteiger partial charge in [0.15, 0.2) is 0 Å². The molecule has 1 nitrogen and oxygen atoms in total. The van der Waals surface area contributed by atoms with Crippen LogP contribution in [0.2, 0.25) is 0 Å². The van der Waals surface area contributed by atoms with Gasteiger partial charge < -0.3 is 4.74 Å². The molecule has 0 heterocycles. The maximum Gasteiger partial charge on any atom is 0.0713 e. The molecular formula is C17H32O. The molecule has 0 saturated carbocycles. The molecule has 1 aromatic carbocycles. The first-order valence-electron chi connectivity index (χ1n) is 7.29. The molecule has 1 aromatic rings. The second kappa shape index (κ2) is 16.2.